The summed E-state index contributed by atoms with van der Waals surface area (Å²) in [6.45, 7) is 5.59. The number of aromatic amines is 1. The Balaban J connectivity index is 1.32. The number of anilines is 2. The van der Waals surface area contributed by atoms with E-state index in [0.29, 0.717) is 33.8 Å². The number of H-pyrrole nitrogens is 1. The van der Waals surface area contributed by atoms with Crippen molar-refractivity contribution >= 4 is 44.7 Å². The summed E-state index contributed by atoms with van der Waals surface area (Å²) in [6.07, 6.45) is 3.35. The Hall–Kier alpha value is -3.86. The van der Waals surface area contributed by atoms with Crippen molar-refractivity contribution in [3.8, 4) is 0 Å². The third-order valence-corrected chi connectivity index (χ3v) is 6.43. The van der Waals surface area contributed by atoms with Crippen molar-refractivity contribution in [1.82, 2.24) is 24.7 Å². The number of carbonyl (C=O) groups excluding carboxylic acids is 2. The zero-order valence-corrected chi connectivity index (χ0v) is 19.2. The molecule has 11 heteroatoms. The van der Waals surface area contributed by atoms with E-state index in [4.69, 9.17) is 0 Å². The molecule has 0 bridgehead atoms. The van der Waals surface area contributed by atoms with Gasteiger partial charge in [0.2, 0.25) is 11.8 Å². The van der Waals surface area contributed by atoms with E-state index in [2.05, 4.69) is 30.7 Å². The largest absolute Gasteiger partial charge is 0.326 e. The third kappa shape index (κ3) is 4.98. The summed E-state index contributed by atoms with van der Waals surface area (Å²) in [5, 5.41) is 10.2. The highest BCUT2D eigenvalue weighted by molar-refractivity contribution is 7.18. The summed E-state index contributed by atoms with van der Waals surface area (Å²) < 4.78 is 1.46. The molecule has 3 aromatic heterocycles. The Kier molecular flexibility index (Phi) is 6.31. The van der Waals surface area contributed by atoms with Crippen LogP contribution in [0.25, 0.3) is 10.2 Å². The second-order valence-electron chi connectivity index (χ2n) is 7.64. The van der Waals surface area contributed by atoms with E-state index in [9.17, 15) is 14.4 Å². The fourth-order valence-corrected chi connectivity index (χ4v) is 4.34. The Morgan fingerprint density at radius 2 is 1.85 bits per heavy atom. The average Bonchev–Trinajstić information content (AvgIpc) is 3.42. The molecule has 0 fully saturated rings. The Morgan fingerprint density at radius 1 is 1.15 bits per heavy atom. The van der Waals surface area contributed by atoms with Gasteiger partial charge in [0.1, 0.15) is 29.4 Å². The van der Waals surface area contributed by atoms with Gasteiger partial charge in [-0.15, -0.1) is 11.3 Å². The van der Waals surface area contributed by atoms with Crippen LogP contribution in [0.2, 0.25) is 0 Å². The van der Waals surface area contributed by atoms with Crippen molar-refractivity contribution in [3.63, 3.8) is 0 Å². The van der Waals surface area contributed by atoms with Gasteiger partial charge in [-0.1, -0.05) is 0 Å². The number of fused-ring (bicyclic) bond motifs is 1. The first kappa shape index (κ1) is 22.3. The van der Waals surface area contributed by atoms with E-state index < -0.39 is 6.04 Å². The van der Waals surface area contributed by atoms with Gasteiger partial charge < -0.3 is 15.6 Å². The molecular weight excluding hydrogens is 442 g/mol. The molecule has 0 aliphatic rings. The molecule has 0 aliphatic heterocycles. The maximum atomic E-state index is 12.4. The van der Waals surface area contributed by atoms with Gasteiger partial charge in [0.05, 0.1) is 5.39 Å². The van der Waals surface area contributed by atoms with E-state index in [0.717, 1.165) is 10.4 Å². The molecule has 170 valence electrons. The van der Waals surface area contributed by atoms with Crippen molar-refractivity contribution in [3.05, 3.63) is 63.5 Å². The van der Waals surface area contributed by atoms with Gasteiger partial charge in [-0.25, -0.2) is 14.6 Å². The van der Waals surface area contributed by atoms with Crippen LogP contribution < -0.4 is 16.2 Å². The molecule has 0 saturated heterocycles. The predicted octanol–water partition coefficient (Wildman–Crippen LogP) is 2.96. The van der Waals surface area contributed by atoms with Crippen LogP contribution in [0.4, 0.5) is 11.4 Å². The minimum atomic E-state index is -0.506. The van der Waals surface area contributed by atoms with Crippen molar-refractivity contribution in [2.24, 2.45) is 0 Å². The smallest absolute Gasteiger partial charge is 0.259 e. The molecule has 1 unspecified atom stereocenters. The molecule has 1 aromatic carbocycles. The molecule has 33 heavy (non-hydrogen) atoms. The molecule has 0 spiro atoms. The number of hydrogen-bond donors (Lipinski definition) is 3. The van der Waals surface area contributed by atoms with Crippen molar-refractivity contribution in [2.45, 2.75) is 39.7 Å². The van der Waals surface area contributed by atoms with Crippen LogP contribution in [-0.2, 0) is 16.0 Å². The van der Waals surface area contributed by atoms with Gasteiger partial charge in [0.25, 0.3) is 5.56 Å². The Morgan fingerprint density at radius 3 is 2.52 bits per heavy atom. The number of rotatable bonds is 7. The van der Waals surface area contributed by atoms with Crippen LogP contribution in [0.5, 0.6) is 0 Å². The fourth-order valence-electron chi connectivity index (χ4n) is 3.29. The van der Waals surface area contributed by atoms with Gasteiger partial charge >= 0.3 is 0 Å². The zero-order valence-electron chi connectivity index (χ0n) is 18.4. The minimum Gasteiger partial charge on any atom is -0.326 e. The SMILES string of the molecule is Cc1sc2nc(CCC(=O)Nc3ccc(NC(=O)C(C)n4cncn4)cc3)[nH]c(=O)c2c1C. The molecule has 1 atom stereocenters. The molecular formula is C22H23N7O3S. The first-order chi connectivity index (χ1) is 15.8. The lowest BCUT2D eigenvalue weighted by Crippen LogP contribution is -2.24. The van der Waals surface area contributed by atoms with Gasteiger partial charge in [0, 0.05) is 29.1 Å². The average molecular weight is 466 g/mol. The number of aryl methyl sites for hydroxylation is 3. The van der Waals surface area contributed by atoms with Crippen LogP contribution in [0, 0.1) is 13.8 Å². The van der Waals surface area contributed by atoms with Crippen molar-refractivity contribution < 1.29 is 9.59 Å². The summed E-state index contributed by atoms with van der Waals surface area (Å²) in [7, 11) is 0. The van der Waals surface area contributed by atoms with E-state index >= 15 is 0 Å². The number of nitrogens with one attached hydrogen (secondary N) is 3. The second kappa shape index (κ2) is 9.33. The highest BCUT2D eigenvalue weighted by Crippen LogP contribution is 2.25. The van der Waals surface area contributed by atoms with E-state index in [1.807, 2.05) is 13.8 Å². The maximum absolute atomic E-state index is 12.4. The highest BCUT2D eigenvalue weighted by Gasteiger charge is 2.16. The number of benzene rings is 1. The van der Waals surface area contributed by atoms with E-state index in [-0.39, 0.29) is 23.8 Å². The quantitative estimate of drug-likeness (QED) is 0.384. The van der Waals surface area contributed by atoms with Gasteiger partial charge in [-0.2, -0.15) is 5.10 Å². The fraction of sp³-hybridized carbons (Fsp3) is 0.273. The third-order valence-electron chi connectivity index (χ3n) is 5.33. The second-order valence-corrected chi connectivity index (χ2v) is 8.85. The summed E-state index contributed by atoms with van der Waals surface area (Å²) in [6, 6.07) is 6.31. The number of thiophene rings is 1. The zero-order chi connectivity index (χ0) is 23.5. The topological polar surface area (TPSA) is 135 Å². The summed E-state index contributed by atoms with van der Waals surface area (Å²) in [5.74, 6) is 0.0585. The highest BCUT2D eigenvalue weighted by atomic mass is 32.1. The lowest BCUT2D eigenvalue weighted by molar-refractivity contribution is -0.119. The lowest BCUT2D eigenvalue weighted by atomic mass is 10.2. The van der Waals surface area contributed by atoms with Crippen molar-refractivity contribution in [1.29, 1.82) is 0 Å². The molecule has 2 amide bonds. The lowest BCUT2D eigenvalue weighted by Gasteiger charge is -2.12. The monoisotopic (exact) mass is 465 g/mol. The first-order valence-electron chi connectivity index (χ1n) is 10.4. The molecule has 4 rings (SSSR count). The van der Waals surface area contributed by atoms with Gasteiger partial charge in [-0.05, 0) is 50.6 Å². The number of amides is 2. The van der Waals surface area contributed by atoms with Gasteiger partial charge in [-0.3, -0.25) is 14.4 Å². The molecule has 3 N–H and O–H groups in total. The molecule has 0 aliphatic carbocycles. The number of aromatic nitrogens is 5. The van der Waals surface area contributed by atoms with Crippen LogP contribution >= 0.6 is 11.3 Å². The minimum absolute atomic E-state index is 0.172. The maximum Gasteiger partial charge on any atom is 0.259 e. The molecule has 10 nitrogen and oxygen atoms in total. The molecule has 0 radical (unpaired) electrons. The van der Waals surface area contributed by atoms with Crippen LogP contribution in [0.15, 0.2) is 41.7 Å². The summed E-state index contributed by atoms with van der Waals surface area (Å²) >= 11 is 1.48. The van der Waals surface area contributed by atoms with E-state index in [1.54, 1.807) is 31.2 Å². The predicted molar refractivity (Wildman–Crippen MR) is 126 cm³/mol. The Bertz CT molecular complexity index is 1360. The summed E-state index contributed by atoms with van der Waals surface area (Å²) in [4.78, 5) is 49.9. The molecule has 4 aromatic rings. The van der Waals surface area contributed by atoms with Crippen LogP contribution in [0.3, 0.4) is 0 Å². The molecule has 3 heterocycles. The number of hydrogen-bond acceptors (Lipinski definition) is 7. The first-order valence-corrected chi connectivity index (χ1v) is 11.2. The summed E-state index contributed by atoms with van der Waals surface area (Å²) in [5.41, 5.74) is 1.97. The number of carbonyl (C=O) groups is 2. The van der Waals surface area contributed by atoms with Crippen molar-refractivity contribution in [2.75, 3.05) is 10.6 Å². The van der Waals surface area contributed by atoms with Crippen LogP contribution in [-0.4, -0.2) is 36.5 Å². The number of nitrogens with zero attached hydrogens (tertiary/aromatic N) is 4. The standard InChI is InChI=1S/C22H23N7O3S/c1-12-14(3)33-22-19(12)21(32)27-17(28-22)8-9-18(30)25-15-4-6-16(7-5-15)26-20(31)13(2)29-11-23-10-24-29/h4-7,10-11,13H,8-9H2,1-3H3,(H,25,30)(H,26,31)(H,27,28,32). The molecule has 0 saturated carbocycles. The normalized spacial score (nSPS) is 12.0. The van der Waals surface area contributed by atoms with Crippen LogP contribution in [0.1, 0.15) is 35.7 Å². The van der Waals surface area contributed by atoms with Gasteiger partial charge in [0.15, 0.2) is 0 Å². The Labute approximate surface area is 193 Å². The van der Waals surface area contributed by atoms with E-state index in [1.165, 1.54) is 28.7 Å².